The van der Waals surface area contributed by atoms with Gasteiger partial charge in [0, 0.05) is 15.0 Å². The zero-order valence-electron chi connectivity index (χ0n) is 16.0. The lowest BCUT2D eigenvalue weighted by Crippen LogP contribution is -2.32. The van der Waals surface area contributed by atoms with E-state index >= 15 is 0 Å². The first-order valence-corrected chi connectivity index (χ1v) is 10.9. The number of halogens is 1. The van der Waals surface area contributed by atoms with Crippen molar-refractivity contribution in [3.05, 3.63) is 86.7 Å². The Morgan fingerprint density at radius 3 is 2.34 bits per heavy atom. The van der Waals surface area contributed by atoms with Crippen molar-refractivity contribution in [2.24, 2.45) is 0 Å². The highest BCUT2D eigenvalue weighted by Crippen LogP contribution is 2.36. The number of hydrogen-bond donors (Lipinski definition) is 1. The third-order valence-electron chi connectivity index (χ3n) is 4.76. The van der Waals surface area contributed by atoms with Crippen LogP contribution in [-0.2, 0) is 9.59 Å². The van der Waals surface area contributed by atoms with Gasteiger partial charge in [-0.1, -0.05) is 54.0 Å². The Balaban J connectivity index is 1.75. The molecule has 3 aromatic rings. The number of carbonyl (C=O) groups is 2. The number of nitrogens with zero attached hydrogens (tertiary/aromatic N) is 1. The number of nitrogens with one attached hydrogen (secondary N) is 1. The van der Waals surface area contributed by atoms with Gasteiger partial charge in [-0.25, -0.2) is 4.90 Å². The number of anilines is 2. The molecule has 0 spiro atoms. The zero-order chi connectivity index (χ0) is 20.5. The summed E-state index contributed by atoms with van der Waals surface area (Å²) in [4.78, 5) is 28.6. The van der Waals surface area contributed by atoms with Gasteiger partial charge >= 0.3 is 0 Å². The quantitative estimate of drug-likeness (QED) is 0.466. The minimum absolute atomic E-state index is 0.295. The summed E-state index contributed by atoms with van der Waals surface area (Å²) in [5.74, 6) is -0.287. The van der Waals surface area contributed by atoms with Gasteiger partial charge in [-0.2, -0.15) is 0 Å². The predicted molar refractivity (Wildman–Crippen MR) is 122 cm³/mol. The first-order valence-electron chi connectivity index (χ1n) is 9.25. The fourth-order valence-electron chi connectivity index (χ4n) is 3.25. The van der Waals surface area contributed by atoms with E-state index in [4.69, 9.17) is 0 Å². The molecule has 0 aliphatic carbocycles. The average Bonchev–Trinajstić information content (AvgIpc) is 3.29. The van der Waals surface area contributed by atoms with Gasteiger partial charge < -0.3 is 5.32 Å². The van der Waals surface area contributed by atoms with E-state index in [-0.39, 0.29) is 11.8 Å². The van der Waals surface area contributed by atoms with Crippen molar-refractivity contribution in [3.8, 4) is 0 Å². The van der Waals surface area contributed by atoms with Crippen LogP contribution < -0.4 is 10.2 Å². The van der Waals surface area contributed by atoms with Gasteiger partial charge in [-0.3, -0.25) is 9.59 Å². The molecule has 0 atom stereocenters. The maximum Gasteiger partial charge on any atom is 0.282 e. The minimum atomic E-state index is -0.351. The Labute approximate surface area is 182 Å². The number of imide groups is 1. The highest BCUT2D eigenvalue weighted by atomic mass is 79.9. The average molecular weight is 467 g/mol. The summed E-state index contributed by atoms with van der Waals surface area (Å²) in [6.07, 6.45) is 0. The molecule has 0 unspecified atom stereocenters. The summed E-state index contributed by atoms with van der Waals surface area (Å²) in [6.45, 7) is 4.22. The van der Waals surface area contributed by atoms with Gasteiger partial charge in [-0.05, 0) is 53.3 Å². The molecule has 4 nitrogen and oxygen atoms in total. The van der Waals surface area contributed by atoms with E-state index in [2.05, 4.69) is 35.1 Å². The highest BCUT2D eigenvalue weighted by Gasteiger charge is 2.40. The topological polar surface area (TPSA) is 49.4 Å². The zero-order valence-corrected chi connectivity index (χ0v) is 18.4. The first kappa shape index (κ1) is 19.6. The van der Waals surface area contributed by atoms with E-state index in [1.54, 1.807) is 0 Å². The highest BCUT2D eigenvalue weighted by molar-refractivity contribution is 9.10. The normalized spacial score (nSPS) is 14.3. The molecular weight excluding hydrogens is 448 g/mol. The van der Waals surface area contributed by atoms with Crippen molar-refractivity contribution in [1.29, 1.82) is 0 Å². The van der Waals surface area contributed by atoms with Crippen LogP contribution in [0.4, 0.5) is 11.4 Å². The Morgan fingerprint density at radius 1 is 0.966 bits per heavy atom. The monoisotopic (exact) mass is 466 g/mol. The van der Waals surface area contributed by atoms with E-state index < -0.39 is 0 Å². The van der Waals surface area contributed by atoms with Crippen LogP contribution in [0.2, 0.25) is 0 Å². The van der Waals surface area contributed by atoms with Crippen LogP contribution in [0.5, 0.6) is 0 Å². The second kappa shape index (κ2) is 7.97. The standard InChI is InChI=1S/C23H19BrN2O2S/c1-14(2)15-8-10-18(11-9-15)26-22(27)20(19-7-4-12-29-19)21(23(26)28)25-17-6-3-5-16(24)13-17/h3-14,25H,1-2H3. The Morgan fingerprint density at radius 2 is 1.72 bits per heavy atom. The second-order valence-electron chi connectivity index (χ2n) is 7.05. The summed E-state index contributed by atoms with van der Waals surface area (Å²) >= 11 is 4.88. The molecule has 0 saturated heterocycles. The molecule has 1 aromatic heterocycles. The van der Waals surface area contributed by atoms with E-state index in [1.165, 1.54) is 16.2 Å². The number of hydrogen-bond acceptors (Lipinski definition) is 4. The van der Waals surface area contributed by atoms with Crippen molar-refractivity contribution >= 4 is 56.0 Å². The molecule has 1 aliphatic rings. The Bertz CT molecular complexity index is 1100. The molecule has 6 heteroatoms. The lowest BCUT2D eigenvalue weighted by Gasteiger charge is -2.16. The number of amides is 2. The molecule has 146 valence electrons. The number of benzene rings is 2. The lowest BCUT2D eigenvalue weighted by atomic mass is 10.0. The maximum absolute atomic E-state index is 13.3. The Kier molecular flexibility index (Phi) is 5.39. The third kappa shape index (κ3) is 3.78. The lowest BCUT2D eigenvalue weighted by molar-refractivity contribution is -0.120. The van der Waals surface area contributed by atoms with Crippen molar-refractivity contribution in [2.45, 2.75) is 19.8 Å². The minimum Gasteiger partial charge on any atom is -0.350 e. The predicted octanol–water partition coefficient (Wildman–Crippen LogP) is 6.03. The van der Waals surface area contributed by atoms with Crippen LogP contribution in [0.1, 0.15) is 30.2 Å². The molecule has 2 amide bonds. The molecule has 0 radical (unpaired) electrons. The van der Waals surface area contributed by atoms with Crippen molar-refractivity contribution < 1.29 is 9.59 Å². The molecule has 1 N–H and O–H groups in total. The molecule has 0 fully saturated rings. The van der Waals surface area contributed by atoms with Crippen LogP contribution in [0.3, 0.4) is 0 Å². The molecule has 0 saturated carbocycles. The summed E-state index contributed by atoms with van der Waals surface area (Å²) in [6, 6.07) is 18.8. The number of rotatable bonds is 5. The summed E-state index contributed by atoms with van der Waals surface area (Å²) in [5, 5.41) is 5.07. The van der Waals surface area contributed by atoms with E-state index in [9.17, 15) is 9.59 Å². The summed E-state index contributed by atoms with van der Waals surface area (Å²) in [5.41, 5.74) is 3.17. The number of carbonyl (C=O) groups excluding carboxylic acids is 2. The van der Waals surface area contributed by atoms with Gasteiger partial charge in [0.15, 0.2) is 0 Å². The number of thiophene rings is 1. The summed E-state index contributed by atoms with van der Waals surface area (Å²) in [7, 11) is 0. The largest absolute Gasteiger partial charge is 0.350 e. The van der Waals surface area contributed by atoms with Gasteiger partial charge in [0.05, 0.1) is 11.3 Å². The van der Waals surface area contributed by atoms with E-state index in [0.717, 1.165) is 20.6 Å². The smallest absolute Gasteiger partial charge is 0.282 e. The van der Waals surface area contributed by atoms with Crippen molar-refractivity contribution in [3.63, 3.8) is 0 Å². The van der Waals surface area contributed by atoms with Gasteiger partial charge in [0.25, 0.3) is 11.8 Å². The molecule has 0 bridgehead atoms. The van der Waals surface area contributed by atoms with Crippen molar-refractivity contribution in [1.82, 2.24) is 0 Å². The van der Waals surface area contributed by atoms with E-state index in [1.807, 2.05) is 66.0 Å². The second-order valence-corrected chi connectivity index (χ2v) is 8.92. The third-order valence-corrected chi connectivity index (χ3v) is 6.14. The maximum atomic E-state index is 13.3. The molecule has 2 aromatic carbocycles. The molecular formula is C23H19BrN2O2S. The molecule has 29 heavy (non-hydrogen) atoms. The fraction of sp³-hybridized carbons (Fsp3) is 0.130. The van der Waals surface area contributed by atoms with Gasteiger partial charge in [0.2, 0.25) is 0 Å². The van der Waals surface area contributed by atoms with Gasteiger partial charge in [0.1, 0.15) is 5.70 Å². The van der Waals surface area contributed by atoms with Crippen LogP contribution in [0, 0.1) is 0 Å². The first-order chi connectivity index (χ1) is 14.0. The Hall–Kier alpha value is -2.70. The fourth-order valence-corrected chi connectivity index (χ4v) is 4.42. The van der Waals surface area contributed by atoms with Crippen LogP contribution in [0.25, 0.3) is 5.57 Å². The van der Waals surface area contributed by atoms with Gasteiger partial charge in [-0.15, -0.1) is 11.3 Å². The van der Waals surface area contributed by atoms with Crippen LogP contribution in [0.15, 0.2) is 76.2 Å². The molecule has 1 aliphatic heterocycles. The summed E-state index contributed by atoms with van der Waals surface area (Å²) < 4.78 is 0.888. The molecule has 2 heterocycles. The van der Waals surface area contributed by atoms with E-state index in [0.29, 0.717) is 22.9 Å². The van der Waals surface area contributed by atoms with Crippen LogP contribution >= 0.6 is 27.3 Å². The van der Waals surface area contributed by atoms with Crippen LogP contribution in [-0.4, -0.2) is 11.8 Å². The van der Waals surface area contributed by atoms with Crippen molar-refractivity contribution in [2.75, 3.05) is 10.2 Å². The molecule has 4 rings (SSSR count). The SMILES string of the molecule is CC(C)c1ccc(N2C(=O)C(Nc3cccc(Br)c3)=C(c3cccs3)C2=O)cc1.